The Balaban J connectivity index is 0.00000149. The molecule has 0 aliphatic heterocycles. The number of allylic oxidation sites excluding steroid dienone is 2. The first-order valence-corrected chi connectivity index (χ1v) is 11.2. The fourth-order valence-electron chi connectivity index (χ4n) is 3.99. The molecule has 2 aliphatic carbocycles. The first kappa shape index (κ1) is 24.5. The molecule has 0 bridgehead atoms. The zero-order valence-electron chi connectivity index (χ0n) is 19.3. The zero-order chi connectivity index (χ0) is 24.2. The second-order valence-corrected chi connectivity index (χ2v) is 8.12. The van der Waals surface area contributed by atoms with Gasteiger partial charge < -0.3 is 15.0 Å². The number of alkyl halides is 2. The largest absolute Gasteiger partial charge is 0.469 e. The number of nitrogens with two attached hydrogens (primary N) is 1. The van der Waals surface area contributed by atoms with Crippen LogP contribution in [0.3, 0.4) is 0 Å². The molecule has 1 heterocycles. The minimum Gasteiger partial charge on any atom is -0.469 e. The number of benzene rings is 1. The van der Waals surface area contributed by atoms with Gasteiger partial charge in [-0.1, -0.05) is 43.3 Å². The maximum Gasteiger partial charge on any atom is 0.308 e. The van der Waals surface area contributed by atoms with Gasteiger partial charge in [-0.15, -0.1) is 0 Å². The van der Waals surface area contributed by atoms with Crippen LogP contribution in [-0.4, -0.2) is 41.4 Å². The standard InChI is InChI=1S/C22H24F2N4O3.C2H6/c1-12-5-3-4-6-15(12)22(7-8-22)21-27-19(31-28-21)17(11-16(25)18(23)24)26-14-9-13(10-14)20(29)30-2;1-2/h3-6,11,13-14,18H,7-10,25H2,1-2H3;1-2H3/b16-11-,26-17?;. The third-order valence-corrected chi connectivity index (χ3v) is 6.01. The molecule has 0 spiro atoms. The number of ether oxygens (including phenoxy) is 1. The van der Waals surface area contributed by atoms with Crippen molar-refractivity contribution in [2.24, 2.45) is 16.6 Å². The summed E-state index contributed by atoms with van der Waals surface area (Å²) in [7, 11) is 1.33. The van der Waals surface area contributed by atoms with E-state index in [0.29, 0.717) is 18.7 Å². The van der Waals surface area contributed by atoms with Crippen LogP contribution in [0.1, 0.15) is 62.4 Å². The van der Waals surface area contributed by atoms with Crippen LogP contribution in [-0.2, 0) is 14.9 Å². The number of halogens is 2. The first-order chi connectivity index (χ1) is 15.8. The molecule has 1 aromatic heterocycles. The van der Waals surface area contributed by atoms with E-state index in [1.165, 1.54) is 7.11 Å². The molecule has 2 aromatic rings. The average molecular weight is 461 g/mol. The quantitative estimate of drug-likeness (QED) is 0.487. The molecular formula is C24H30F2N4O3. The highest BCUT2D eigenvalue weighted by molar-refractivity contribution is 6.06. The molecule has 2 saturated carbocycles. The van der Waals surface area contributed by atoms with E-state index < -0.39 is 12.1 Å². The van der Waals surface area contributed by atoms with Crippen LogP contribution in [0.25, 0.3) is 0 Å². The Morgan fingerprint density at radius 1 is 1.30 bits per heavy atom. The normalized spacial score (nSPS) is 21.7. The van der Waals surface area contributed by atoms with Crippen molar-refractivity contribution in [2.75, 3.05) is 7.11 Å². The Morgan fingerprint density at radius 3 is 2.55 bits per heavy atom. The number of methoxy groups -OCH3 is 1. The van der Waals surface area contributed by atoms with E-state index in [4.69, 9.17) is 15.0 Å². The summed E-state index contributed by atoms with van der Waals surface area (Å²) in [5.74, 6) is 0.00428. The van der Waals surface area contributed by atoms with Crippen molar-refractivity contribution in [1.29, 1.82) is 0 Å². The second kappa shape index (κ2) is 10.2. The van der Waals surface area contributed by atoms with Crippen molar-refractivity contribution in [1.82, 2.24) is 10.1 Å². The summed E-state index contributed by atoms with van der Waals surface area (Å²) in [6, 6.07) is 7.78. The molecule has 178 valence electrons. The number of hydrogen-bond donors (Lipinski definition) is 1. The fourth-order valence-corrected chi connectivity index (χ4v) is 3.99. The van der Waals surface area contributed by atoms with Gasteiger partial charge in [0, 0.05) is 0 Å². The lowest BCUT2D eigenvalue weighted by Crippen LogP contribution is -2.34. The summed E-state index contributed by atoms with van der Waals surface area (Å²) < 4.78 is 36.3. The predicted octanol–water partition coefficient (Wildman–Crippen LogP) is 4.33. The molecule has 0 amide bonds. The minimum absolute atomic E-state index is 0.0416. The van der Waals surface area contributed by atoms with Gasteiger partial charge in [0.25, 0.3) is 12.3 Å². The van der Waals surface area contributed by atoms with Gasteiger partial charge >= 0.3 is 5.97 Å². The highest BCUT2D eigenvalue weighted by atomic mass is 19.3. The van der Waals surface area contributed by atoms with E-state index in [9.17, 15) is 13.6 Å². The van der Waals surface area contributed by atoms with Gasteiger partial charge in [0.2, 0.25) is 0 Å². The number of aryl methyl sites for hydroxylation is 1. The predicted molar refractivity (Wildman–Crippen MR) is 120 cm³/mol. The van der Waals surface area contributed by atoms with Crippen molar-refractivity contribution >= 4 is 11.7 Å². The number of hydrogen-bond acceptors (Lipinski definition) is 7. The maximum atomic E-state index is 13.0. The summed E-state index contributed by atoms with van der Waals surface area (Å²) in [6.07, 6.45) is 0.919. The molecule has 2 N–H and O–H groups in total. The molecule has 7 nitrogen and oxygen atoms in total. The van der Waals surface area contributed by atoms with Crippen LogP contribution in [0.5, 0.6) is 0 Å². The SMILES string of the molecule is CC.COC(=O)C1CC(N=C(/C=C(\N)C(F)F)c2nc(C3(c4ccccc4C)CC3)no2)C1. The topological polar surface area (TPSA) is 104 Å². The lowest BCUT2D eigenvalue weighted by Gasteiger charge is -2.30. The van der Waals surface area contributed by atoms with E-state index in [2.05, 4.69) is 15.1 Å². The highest BCUT2D eigenvalue weighted by Crippen LogP contribution is 2.53. The Bertz CT molecular complexity index is 1040. The van der Waals surface area contributed by atoms with Gasteiger partial charge in [0.1, 0.15) is 5.71 Å². The van der Waals surface area contributed by atoms with Crippen molar-refractivity contribution < 1.29 is 22.8 Å². The van der Waals surface area contributed by atoms with Crippen LogP contribution in [0.4, 0.5) is 8.78 Å². The van der Waals surface area contributed by atoms with Crippen molar-refractivity contribution in [2.45, 2.75) is 64.3 Å². The molecule has 2 fully saturated rings. The maximum absolute atomic E-state index is 13.0. The number of aromatic nitrogens is 2. The minimum atomic E-state index is -2.83. The monoisotopic (exact) mass is 460 g/mol. The number of carbonyl (C=O) groups is 1. The fraction of sp³-hybridized carbons (Fsp3) is 0.500. The van der Waals surface area contributed by atoms with E-state index in [0.717, 1.165) is 30.0 Å². The van der Waals surface area contributed by atoms with Crippen LogP contribution in [0.15, 0.2) is 45.6 Å². The van der Waals surface area contributed by atoms with Crippen molar-refractivity contribution in [3.8, 4) is 0 Å². The van der Waals surface area contributed by atoms with Crippen molar-refractivity contribution in [3.05, 3.63) is 58.9 Å². The number of esters is 1. The Labute approximate surface area is 192 Å². The second-order valence-electron chi connectivity index (χ2n) is 8.12. The molecule has 0 saturated heterocycles. The molecule has 9 heteroatoms. The van der Waals surface area contributed by atoms with Gasteiger partial charge in [0.05, 0.1) is 30.2 Å². The Kier molecular flexibility index (Phi) is 7.61. The van der Waals surface area contributed by atoms with E-state index in [-0.39, 0.29) is 34.9 Å². The van der Waals surface area contributed by atoms with Gasteiger partial charge in [-0.3, -0.25) is 9.79 Å². The summed E-state index contributed by atoms with van der Waals surface area (Å²) in [5.41, 5.74) is 6.86. The molecule has 1 aromatic carbocycles. The van der Waals surface area contributed by atoms with Crippen LogP contribution in [0.2, 0.25) is 0 Å². The lowest BCUT2D eigenvalue weighted by atomic mass is 9.80. The molecule has 0 unspecified atom stereocenters. The summed E-state index contributed by atoms with van der Waals surface area (Å²) in [4.78, 5) is 20.6. The number of rotatable bonds is 7. The first-order valence-electron chi connectivity index (χ1n) is 11.2. The smallest absolute Gasteiger partial charge is 0.308 e. The van der Waals surface area contributed by atoms with Gasteiger partial charge in [0.15, 0.2) is 5.82 Å². The van der Waals surface area contributed by atoms with Crippen LogP contribution < -0.4 is 5.73 Å². The molecule has 2 aliphatic rings. The van der Waals surface area contributed by atoms with E-state index in [1.54, 1.807) is 0 Å². The zero-order valence-corrected chi connectivity index (χ0v) is 19.3. The molecular weight excluding hydrogens is 430 g/mol. The van der Waals surface area contributed by atoms with E-state index >= 15 is 0 Å². The van der Waals surface area contributed by atoms with Crippen molar-refractivity contribution in [3.63, 3.8) is 0 Å². The van der Waals surface area contributed by atoms with Crippen LogP contribution in [0, 0.1) is 12.8 Å². The van der Waals surface area contributed by atoms with Gasteiger partial charge in [-0.2, -0.15) is 4.98 Å². The number of aliphatic imine (C=N–C) groups is 1. The molecule has 4 rings (SSSR count). The third-order valence-electron chi connectivity index (χ3n) is 6.01. The Morgan fingerprint density at radius 2 is 1.97 bits per heavy atom. The van der Waals surface area contributed by atoms with Crippen LogP contribution >= 0.6 is 0 Å². The van der Waals surface area contributed by atoms with E-state index in [1.807, 2.05) is 45.0 Å². The highest BCUT2D eigenvalue weighted by Gasteiger charge is 2.50. The summed E-state index contributed by atoms with van der Waals surface area (Å²) >= 11 is 0. The molecule has 0 radical (unpaired) electrons. The average Bonchev–Trinajstić information content (AvgIpc) is 3.44. The molecule has 33 heavy (non-hydrogen) atoms. The summed E-state index contributed by atoms with van der Waals surface area (Å²) in [6.45, 7) is 6.03. The summed E-state index contributed by atoms with van der Waals surface area (Å²) in [5, 5.41) is 4.15. The molecule has 0 atom stereocenters. The Hall–Kier alpha value is -3.10. The number of carbonyl (C=O) groups excluding carboxylic acids is 1. The number of nitrogens with zero attached hydrogens (tertiary/aromatic N) is 3. The third kappa shape index (κ3) is 5.12. The lowest BCUT2D eigenvalue weighted by molar-refractivity contribution is -0.148. The van der Waals surface area contributed by atoms with Gasteiger partial charge in [-0.25, -0.2) is 8.78 Å². The van der Waals surface area contributed by atoms with Gasteiger partial charge in [-0.05, 0) is 49.8 Å².